The highest BCUT2D eigenvalue weighted by Gasteiger charge is 2.67. The number of aliphatic hydroxyl groups is 1. The molecule has 2 aliphatic carbocycles. The Labute approximate surface area is 249 Å². The number of hydrogen-bond donors (Lipinski definition) is 2. The first-order valence-electron chi connectivity index (χ1n) is 13.4. The number of nitrogens with zero attached hydrogens (tertiary/aromatic N) is 1. The average Bonchev–Trinajstić information content (AvgIpc) is 2.97. The van der Waals surface area contributed by atoms with Gasteiger partial charge in [-0.15, -0.1) is 0 Å². The van der Waals surface area contributed by atoms with Gasteiger partial charge in [-0.25, -0.2) is 0 Å². The van der Waals surface area contributed by atoms with Crippen LogP contribution >= 0.6 is 11.6 Å². The lowest BCUT2D eigenvalue weighted by molar-refractivity contribution is -0.178. The van der Waals surface area contributed by atoms with E-state index in [9.17, 15) is 29.4 Å². The Morgan fingerprint density at radius 3 is 2.53 bits per heavy atom. The van der Waals surface area contributed by atoms with Crippen molar-refractivity contribution in [1.29, 1.82) is 0 Å². The van der Waals surface area contributed by atoms with Gasteiger partial charge in [0.15, 0.2) is 46.6 Å². The molecule has 2 N–H and O–H groups in total. The van der Waals surface area contributed by atoms with E-state index in [2.05, 4.69) is 0 Å². The second-order valence-corrected chi connectivity index (χ2v) is 11.7. The van der Waals surface area contributed by atoms with Crippen molar-refractivity contribution in [2.24, 2.45) is 5.41 Å². The van der Waals surface area contributed by atoms with Crippen LogP contribution in [0.4, 0.5) is 0 Å². The predicted octanol–water partition coefficient (Wildman–Crippen LogP) is 4.17. The fraction of sp³-hybridized carbons (Fsp3) is 0.355. The summed E-state index contributed by atoms with van der Waals surface area (Å²) in [6, 6.07) is 2.84. The van der Waals surface area contributed by atoms with Crippen LogP contribution in [0.1, 0.15) is 51.3 Å². The van der Waals surface area contributed by atoms with Crippen LogP contribution in [0.2, 0.25) is 5.02 Å². The van der Waals surface area contributed by atoms with E-state index in [0.29, 0.717) is 5.70 Å². The van der Waals surface area contributed by atoms with Crippen molar-refractivity contribution >= 4 is 51.0 Å². The first-order valence-corrected chi connectivity index (χ1v) is 13.8. The minimum Gasteiger partial charge on any atom is -0.507 e. The van der Waals surface area contributed by atoms with Gasteiger partial charge >= 0.3 is 0 Å². The monoisotopic (exact) mass is 609 g/mol. The molecule has 0 saturated heterocycles. The molecular formula is C31H28ClNO10. The molecule has 3 atom stereocenters. The maximum Gasteiger partial charge on any atom is 0.223 e. The highest BCUT2D eigenvalue weighted by molar-refractivity contribution is 6.33. The van der Waals surface area contributed by atoms with Gasteiger partial charge in [-0.2, -0.15) is 0 Å². The van der Waals surface area contributed by atoms with Crippen LogP contribution in [-0.4, -0.2) is 53.5 Å². The predicted molar refractivity (Wildman–Crippen MR) is 154 cm³/mol. The van der Waals surface area contributed by atoms with E-state index in [-0.39, 0.29) is 79.9 Å². The molecule has 11 nitrogen and oxygen atoms in total. The smallest absolute Gasteiger partial charge is 0.223 e. The van der Waals surface area contributed by atoms with E-state index < -0.39 is 39.9 Å². The molecular weight excluding hydrogens is 582 g/mol. The highest BCUT2D eigenvalue weighted by atomic mass is 35.5. The molecule has 3 aliphatic rings. The number of carbonyl (C=O) groups is 3. The quantitative estimate of drug-likeness (QED) is 0.414. The van der Waals surface area contributed by atoms with Crippen molar-refractivity contribution in [1.82, 2.24) is 4.90 Å². The molecule has 224 valence electrons. The molecule has 2 heterocycles. The van der Waals surface area contributed by atoms with Crippen LogP contribution in [0.25, 0.3) is 21.9 Å². The van der Waals surface area contributed by atoms with Crippen molar-refractivity contribution in [2.75, 3.05) is 21.0 Å². The largest absolute Gasteiger partial charge is 0.507 e. The summed E-state index contributed by atoms with van der Waals surface area (Å²) in [6.45, 7) is 5.51. The molecule has 6 rings (SSSR count). The van der Waals surface area contributed by atoms with Crippen molar-refractivity contribution in [3.63, 3.8) is 0 Å². The van der Waals surface area contributed by atoms with E-state index in [4.69, 9.17) is 30.2 Å². The number of hydrogen-bond acceptors (Lipinski definition) is 10. The Kier molecular flexibility index (Phi) is 6.32. The van der Waals surface area contributed by atoms with E-state index in [1.807, 2.05) is 0 Å². The second-order valence-electron chi connectivity index (χ2n) is 11.3. The highest BCUT2D eigenvalue weighted by Crippen LogP contribution is 2.63. The number of aromatic hydroxyl groups is 1. The summed E-state index contributed by atoms with van der Waals surface area (Å²) in [5.41, 5.74) is -5.17. The minimum atomic E-state index is -2.60. The number of methoxy groups -OCH3 is 1. The van der Waals surface area contributed by atoms with Crippen molar-refractivity contribution < 1.29 is 43.2 Å². The maximum atomic E-state index is 14.3. The molecule has 43 heavy (non-hydrogen) atoms. The number of amides is 1. The fourth-order valence-corrected chi connectivity index (χ4v) is 6.73. The van der Waals surface area contributed by atoms with Gasteiger partial charge in [0.2, 0.25) is 11.3 Å². The van der Waals surface area contributed by atoms with Gasteiger partial charge in [0.25, 0.3) is 0 Å². The summed E-state index contributed by atoms with van der Waals surface area (Å²) in [7, 11) is 2.90. The number of phenolic OH excluding ortho intramolecular Hbond substituents is 1. The third-order valence-corrected chi connectivity index (χ3v) is 9.38. The summed E-state index contributed by atoms with van der Waals surface area (Å²) in [6.07, 6.45) is 0.345. The van der Waals surface area contributed by atoms with Gasteiger partial charge in [0.1, 0.15) is 11.1 Å². The van der Waals surface area contributed by atoms with Gasteiger partial charge in [-0.3, -0.25) is 19.2 Å². The number of ketones is 2. The van der Waals surface area contributed by atoms with Crippen LogP contribution in [0.5, 0.6) is 17.2 Å². The third-order valence-electron chi connectivity index (χ3n) is 9.09. The van der Waals surface area contributed by atoms with Crippen LogP contribution in [-0.2, 0) is 24.7 Å². The number of carbonyl (C=O) groups excluding carboxylic acids is 3. The Balaban J connectivity index is 1.71. The van der Waals surface area contributed by atoms with Crippen molar-refractivity contribution in [3.05, 3.63) is 61.4 Å². The van der Waals surface area contributed by atoms with Crippen LogP contribution in [0, 0.1) is 5.41 Å². The summed E-state index contributed by atoms with van der Waals surface area (Å²) >= 11 is 6.27. The SMILES string of the molecule is COc1c(Cl)ccc2c(=O)c3c(O)c4c5c(c3oc12)OCOC5CC1(C)C(=O)C(/C=C(/C)N(C)C(C)=O)=C(C)C(=O)C41O. The first kappa shape index (κ1) is 28.9. The number of benzene rings is 2. The summed E-state index contributed by atoms with van der Waals surface area (Å²) < 4.78 is 23.2. The topological polar surface area (TPSA) is 153 Å². The third kappa shape index (κ3) is 3.55. The molecule has 12 heteroatoms. The van der Waals surface area contributed by atoms with Crippen LogP contribution in [0.3, 0.4) is 0 Å². The number of rotatable bonds is 3. The first-order chi connectivity index (χ1) is 20.2. The number of phenols is 1. The number of ether oxygens (including phenoxy) is 3. The molecule has 0 spiro atoms. The number of halogens is 1. The van der Waals surface area contributed by atoms with Crippen molar-refractivity contribution in [2.45, 2.75) is 45.8 Å². The van der Waals surface area contributed by atoms with E-state index in [0.717, 1.165) is 0 Å². The summed E-state index contributed by atoms with van der Waals surface area (Å²) in [4.78, 5) is 55.7. The van der Waals surface area contributed by atoms with E-state index in [1.165, 1.54) is 58.0 Å². The minimum absolute atomic E-state index is 0.0120. The lowest BCUT2D eigenvalue weighted by Gasteiger charge is -2.52. The van der Waals surface area contributed by atoms with Crippen LogP contribution in [0.15, 0.2) is 44.3 Å². The Morgan fingerprint density at radius 1 is 1.19 bits per heavy atom. The standard InChI is InChI=1S/C31H28ClNO10/c1-12(33(5)14(3)34)9-16-13(2)28(37)31(39)21-19-18(10-30(31,4)29(16)38)41-11-42-26(19)27-20(23(21)36)22(35)15-7-8-17(32)25(40-6)24(15)43-27/h7-9,18,36,39H,10-11H2,1-6H3/b12-9-. The molecule has 1 aliphatic heterocycles. The Bertz CT molecular complexity index is 1960. The lowest BCUT2D eigenvalue weighted by Crippen LogP contribution is -2.61. The maximum absolute atomic E-state index is 14.3. The molecule has 0 radical (unpaired) electrons. The Hall–Kier alpha value is -4.19. The molecule has 3 aromatic rings. The molecule has 1 amide bonds. The molecule has 2 aromatic carbocycles. The number of fused-ring (bicyclic) bond motifs is 5. The number of allylic oxidation sites excluding steroid dienone is 3. The Morgan fingerprint density at radius 2 is 1.88 bits per heavy atom. The summed E-state index contributed by atoms with van der Waals surface area (Å²) in [5, 5.41) is 24.1. The summed E-state index contributed by atoms with van der Waals surface area (Å²) in [5.74, 6) is -2.36. The molecule has 0 saturated carbocycles. The molecule has 3 unspecified atom stereocenters. The lowest BCUT2D eigenvalue weighted by atomic mass is 9.52. The van der Waals surface area contributed by atoms with Crippen molar-refractivity contribution in [3.8, 4) is 17.2 Å². The van der Waals surface area contributed by atoms with Gasteiger partial charge in [-0.1, -0.05) is 11.6 Å². The zero-order valence-corrected chi connectivity index (χ0v) is 25.0. The van der Waals surface area contributed by atoms with E-state index in [1.54, 1.807) is 6.92 Å². The molecule has 0 fully saturated rings. The number of Topliss-reactive ketones (excluding diaryl/α,β-unsaturated/α-hetero) is 2. The van der Waals surface area contributed by atoms with Gasteiger partial charge < -0.3 is 33.7 Å². The second kappa shape index (κ2) is 9.40. The molecule has 1 aromatic heterocycles. The average molecular weight is 610 g/mol. The van der Waals surface area contributed by atoms with Gasteiger partial charge in [-0.05, 0) is 45.4 Å². The van der Waals surface area contributed by atoms with Gasteiger partial charge in [0.05, 0.1) is 29.0 Å². The van der Waals surface area contributed by atoms with Gasteiger partial charge in [0, 0.05) is 41.9 Å². The van der Waals surface area contributed by atoms with Crippen LogP contribution < -0.4 is 14.9 Å². The van der Waals surface area contributed by atoms with E-state index >= 15 is 0 Å². The normalized spacial score (nSPS) is 25.0. The zero-order valence-electron chi connectivity index (χ0n) is 24.2. The fourth-order valence-electron chi connectivity index (χ4n) is 6.50. The zero-order chi connectivity index (χ0) is 31.3. The molecule has 0 bridgehead atoms.